The Balaban J connectivity index is 2.13. The highest BCUT2D eigenvalue weighted by Gasteiger charge is 2.10. The van der Waals surface area contributed by atoms with Gasteiger partial charge in [-0.15, -0.1) is 0 Å². The fourth-order valence-electron chi connectivity index (χ4n) is 2.12. The predicted molar refractivity (Wildman–Crippen MR) is 80.6 cm³/mol. The van der Waals surface area contributed by atoms with Crippen LogP contribution in [0.5, 0.6) is 0 Å². The van der Waals surface area contributed by atoms with Crippen molar-refractivity contribution < 1.29 is 9.60 Å². The summed E-state index contributed by atoms with van der Waals surface area (Å²) < 4.78 is 13.3. The van der Waals surface area contributed by atoms with E-state index in [1.165, 1.54) is 12.1 Å². The number of nitrogens with zero attached hydrogens (tertiary/aromatic N) is 1. The number of oxime groups is 1. The highest BCUT2D eigenvalue weighted by Crippen LogP contribution is 2.15. The molecule has 0 bridgehead atoms. The smallest absolute Gasteiger partial charge is 0.170 e. The largest absolute Gasteiger partial charge is 0.409 e. The van der Waals surface area contributed by atoms with Crippen LogP contribution in [0.2, 0.25) is 0 Å². The van der Waals surface area contributed by atoms with E-state index in [1.807, 2.05) is 37.3 Å². The third-order valence-electron chi connectivity index (χ3n) is 3.35. The molecule has 0 aliphatic rings. The lowest BCUT2D eigenvalue weighted by Gasteiger charge is -2.16. The van der Waals surface area contributed by atoms with Gasteiger partial charge in [0.1, 0.15) is 5.82 Å². The highest BCUT2D eigenvalue weighted by molar-refractivity contribution is 5.98. The van der Waals surface area contributed by atoms with Gasteiger partial charge in [-0.2, -0.15) is 0 Å². The number of benzene rings is 2. The van der Waals surface area contributed by atoms with Gasteiger partial charge in [0, 0.05) is 18.2 Å². The van der Waals surface area contributed by atoms with Crippen molar-refractivity contribution in [3.63, 3.8) is 0 Å². The number of hydrogen-bond donors (Lipinski definition) is 3. The zero-order chi connectivity index (χ0) is 15.2. The number of hydrogen-bond acceptors (Lipinski definition) is 3. The first kappa shape index (κ1) is 15.0. The van der Waals surface area contributed by atoms with E-state index in [2.05, 4.69) is 10.5 Å². The molecule has 21 heavy (non-hydrogen) atoms. The summed E-state index contributed by atoms with van der Waals surface area (Å²) in [5.41, 5.74) is 7.91. The molecule has 0 aliphatic heterocycles. The maximum Gasteiger partial charge on any atom is 0.170 e. The standard InChI is InChI=1S/C16H18FN3O/c1-11(12-5-3-2-4-6-12)19-10-13-7-8-14(17)9-15(13)16(18)20-21/h2-9,11,19,21H,10H2,1H3,(H2,18,20)/t11-/m0/s1. The SMILES string of the molecule is C[C@H](NCc1ccc(F)cc1C(N)=NO)c1ccccc1. The lowest BCUT2D eigenvalue weighted by Crippen LogP contribution is -2.22. The molecule has 0 spiro atoms. The zero-order valence-electron chi connectivity index (χ0n) is 11.8. The zero-order valence-corrected chi connectivity index (χ0v) is 11.8. The molecular formula is C16H18FN3O. The van der Waals surface area contributed by atoms with E-state index < -0.39 is 5.82 Å². The second kappa shape index (κ2) is 6.85. The van der Waals surface area contributed by atoms with Gasteiger partial charge in [0.2, 0.25) is 0 Å². The van der Waals surface area contributed by atoms with E-state index in [0.717, 1.165) is 11.1 Å². The Morgan fingerprint density at radius 3 is 2.67 bits per heavy atom. The molecule has 2 aromatic carbocycles. The molecule has 0 saturated heterocycles. The first-order valence-electron chi connectivity index (χ1n) is 6.66. The van der Waals surface area contributed by atoms with Crippen LogP contribution in [0.25, 0.3) is 0 Å². The Morgan fingerprint density at radius 1 is 1.29 bits per heavy atom. The molecule has 0 fully saturated rings. The van der Waals surface area contributed by atoms with Crippen molar-refractivity contribution in [1.29, 1.82) is 0 Å². The van der Waals surface area contributed by atoms with Gasteiger partial charge in [-0.25, -0.2) is 4.39 Å². The molecule has 2 aromatic rings. The minimum absolute atomic E-state index is 0.0985. The quantitative estimate of drug-likeness (QED) is 0.343. The third-order valence-corrected chi connectivity index (χ3v) is 3.35. The number of nitrogens with two attached hydrogens (primary N) is 1. The fraction of sp³-hybridized carbons (Fsp3) is 0.188. The molecule has 0 radical (unpaired) electrons. The van der Waals surface area contributed by atoms with Gasteiger partial charge in [0.25, 0.3) is 0 Å². The Morgan fingerprint density at radius 2 is 2.00 bits per heavy atom. The lowest BCUT2D eigenvalue weighted by molar-refractivity contribution is 0.318. The van der Waals surface area contributed by atoms with Crippen LogP contribution in [0.1, 0.15) is 29.7 Å². The second-order valence-electron chi connectivity index (χ2n) is 4.80. The minimum Gasteiger partial charge on any atom is -0.409 e. The van der Waals surface area contributed by atoms with Crippen LogP contribution in [0, 0.1) is 5.82 Å². The van der Waals surface area contributed by atoms with Crippen LogP contribution in [-0.4, -0.2) is 11.0 Å². The van der Waals surface area contributed by atoms with Crippen LogP contribution < -0.4 is 11.1 Å². The van der Waals surface area contributed by atoms with Crippen molar-refractivity contribution in [2.75, 3.05) is 0 Å². The van der Waals surface area contributed by atoms with Crippen molar-refractivity contribution in [3.05, 3.63) is 71.0 Å². The molecule has 1 atom stereocenters. The van der Waals surface area contributed by atoms with Gasteiger partial charge in [0.15, 0.2) is 5.84 Å². The summed E-state index contributed by atoms with van der Waals surface area (Å²) >= 11 is 0. The van der Waals surface area contributed by atoms with Gasteiger partial charge in [-0.1, -0.05) is 41.6 Å². The maximum atomic E-state index is 13.3. The number of nitrogens with one attached hydrogen (secondary N) is 1. The lowest BCUT2D eigenvalue weighted by atomic mass is 10.0. The molecule has 4 nitrogen and oxygen atoms in total. The first-order valence-corrected chi connectivity index (χ1v) is 6.66. The van der Waals surface area contributed by atoms with Crippen molar-refractivity contribution in [3.8, 4) is 0 Å². The molecule has 0 aliphatic carbocycles. The highest BCUT2D eigenvalue weighted by atomic mass is 19.1. The van der Waals surface area contributed by atoms with Crippen molar-refractivity contribution >= 4 is 5.84 Å². The fourth-order valence-corrected chi connectivity index (χ4v) is 2.12. The monoisotopic (exact) mass is 287 g/mol. The molecule has 0 amide bonds. The third kappa shape index (κ3) is 3.79. The summed E-state index contributed by atoms with van der Waals surface area (Å²) in [5.74, 6) is -0.518. The number of rotatable bonds is 5. The van der Waals surface area contributed by atoms with Gasteiger partial charge in [0.05, 0.1) is 0 Å². The Bertz CT molecular complexity index is 629. The second-order valence-corrected chi connectivity index (χ2v) is 4.80. The summed E-state index contributed by atoms with van der Waals surface area (Å²) in [6.45, 7) is 2.53. The molecule has 5 heteroatoms. The molecule has 0 aromatic heterocycles. The van der Waals surface area contributed by atoms with Crippen LogP contribution >= 0.6 is 0 Å². The van der Waals surface area contributed by atoms with Gasteiger partial charge >= 0.3 is 0 Å². The van der Waals surface area contributed by atoms with Crippen molar-refractivity contribution in [2.24, 2.45) is 10.9 Å². The van der Waals surface area contributed by atoms with Gasteiger partial charge in [-0.3, -0.25) is 0 Å². The van der Waals surface area contributed by atoms with E-state index in [9.17, 15) is 4.39 Å². The van der Waals surface area contributed by atoms with Crippen LogP contribution in [0.3, 0.4) is 0 Å². The van der Waals surface area contributed by atoms with E-state index >= 15 is 0 Å². The molecular weight excluding hydrogens is 269 g/mol. The molecule has 2 rings (SSSR count). The summed E-state index contributed by atoms with van der Waals surface area (Å²) in [7, 11) is 0. The Labute approximate surface area is 123 Å². The van der Waals surface area contributed by atoms with Crippen LogP contribution in [-0.2, 0) is 6.54 Å². The van der Waals surface area contributed by atoms with E-state index in [-0.39, 0.29) is 11.9 Å². The first-order chi connectivity index (χ1) is 10.1. The molecule has 0 unspecified atom stereocenters. The Hall–Kier alpha value is -2.40. The van der Waals surface area contributed by atoms with E-state index in [0.29, 0.717) is 12.1 Å². The van der Waals surface area contributed by atoms with Crippen molar-refractivity contribution in [2.45, 2.75) is 19.5 Å². The summed E-state index contributed by atoms with van der Waals surface area (Å²) in [6, 6.07) is 14.4. The number of amidine groups is 1. The normalized spacial score (nSPS) is 13.1. The average molecular weight is 287 g/mol. The molecule has 0 saturated carbocycles. The topological polar surface area (TPSA) is 70.6 Å². The maximum absolute atomic E-state index is 13.3. The van der Waals surface area contributed by atoms with Crippen LogP contribution in [0.4, 0.5) is 4.39 Å². The minimum atomic E-state index is -0.420. The van der Waals surface area contributed by atoms with Crippen molar-refractivity contribution in [1.82, 2.24) is 5.32 Å². The predicted octanol–water partition coefficient (Wildman–Crippen LogP) is 2.77. The Kier molecular flexibility index (Phi) is 4.90. The average Bonchev–Trinajstić information content (AvgIpc) is 2.53. The summed E-state index contributed by atoms with van der Waals surface area (Å²) in [5, 5.41) is 15.1. The van der Waals surface area contributed by atoms with Gasteiger partial charge in [-0.05, 0) is 30.2 Å². The van der Waals surface area contributed by atoms with E-state index in [4.69, 9.17) is 10.9 Å². The van der Waals surface area contributed by atoms with E-state index in [1.54, 1.807) is 6.07 Å². The molecule has 0 heterocycles. The van der Waals surface area contributed by atoms with Gasteiger partial charge < -0.3 is 16.3 Å². The summed E-state index contributed by atoms with van der Waals surface area (Å²) in [6.07, 6.45) is 0. The molecule has 110 valence electrons. The molecule has 4 N–H and O–H groups in total. The summed E-state index contributed by atoms with van der Waals surface area (Å²) in [4.78, 5) is 0. The number of halogens is 1. The van der Waals surface area contributed by atoms with Crippen LogP contribution in [0.15, 0.2) is 53.7 Å².